The number of carbonyl (C=O) groups excluding carboxylic acids is 2. The molecule has 7 nitrogen and oxygen atoms in total. The van der Waals surface area contributed by atoms with Gasteiger partial charge in [0.25, 0.3) is 0 Å². The smallest absolute Gasteiger partial charge is 0.418 e. The molecular formula is C14H16INO6. The van der Waals surface area contributed by atoms with Gasteiger partial charge in [-0.15, -0.1) is 0 Å². The fourth-order valence-corrected chi connectivity index (χ4v) is 2.21. The molecule has 0 aliphatic heterocycles. The molecular weight excluding hydrogens is 405 g/mol. The Morgan fingerprint density at radius 3 is 2.55 bits per heavy atom. The van der Waals surface area contributed by atoms with Crippen molar-refractivity contribution in [1.82, 2.24) is 0 Å². The molecule has 0 fully saturated rings. The van der Waals surface area contributed by atoms with Gasteiger partial charge in [-0.05, 0) is 47.7 Å². The minimum Gasteiger partial charge on any atom is -0.465 e. The molecule has 0 spiro atoms. The highest BCUT2D eigenvalue weighted by atomic mass is 127. The topological polar surface area (TPSA) is 93.1 Å². The number of rotatable bonds is 6. The molecule has 0 aliphatic rings. The van der Waals surface area contributed by atoms with E-state index in [2.05, 4.69) is 4.74 Å². The van der Waals surface area contributed by atoms with E-state index in [0.717, 1.165) is 0 Å². The first-order valence-electron chi connectivity index (χ1n) is 6.43. The van der Waals surface area contributed by atoms with E-state index in [-0.39, 0.29) is 24.3 Å². The lowest BCUT2D eigenvalue weighted by molar-refractivity contribution is -0.119. The maximum absolute atomic E-state index is 12.1. The van der Waals surface area contributed by atoms with E-state index in [1.54, 1.807) is 13.0 Å². The van der Waals surface area contributed by atoms with Crippen molar-refractivity contribution in [1.29, 1.82) is 0 Å². The Balaban J connectivity index is 3.20. The van der Waals surface area contributed by atoms with Crippen LogP contribution in [0.25, 0.3) is 0 Å². The van der Waals surface area contributed by atoms with Gasteiger partial charge in [0.15, 0.2) is 0 Å². The monoisotopic (exact) mass is 421 g/mol. The highest BCUT2D eigenvalue weighted by molar-refractivity contribution is 14.1. The number of halogens is 1. The average Bonchev–Trinajstić information content (AvgIpc) is 2.46. The Hall–Kier alpha value is -1.68. The number of anilines is 1. The first-order valence-corrected chi connectivity index (χ1v) is 7.51. The summed E-state index contributed by atoms with van der Waals surface area (Å²) in [5, 5.41) is 9.33. The van der Waals surface area contributed by atoms with Crippen LogP contribution in [-0.4, -0.2) is 43.4 Å². The summed E-state index contributed by atoms with van der Waals surface area (Å²) in [5.41, 5.74) is -0.0113. The normalized spacial score (nSPS) is 10.1. The number of hydrogen-bond donors (Lipinski definition) is 1. The zero-order valence-electron chi connectivity index (χ0n) is 12.2. The van der Waals surface area contributed by atoms with Gasteiger partial charge in [0.2, 0.25) is 5.91 Å². The van der Waals surface area contributed by atoms with Crippen LogP contribution in [0.4, 0.5) is 10.5 Å². The van der Waals surface area contributed by atoms with E-state index in [0.29, 0.717) is 15.1 Å². The number of esters is 1. The van der Waals surface area contributed by atoms with Crippen molar-refractivity contribution in [2.45, 2.75) is 13.3 Å². The van der Waals surface area contributed by atoms with Crippen LogP contribution < -0.4 is 4.90 Å². The Bertz CT molecular complexity index is 574. The number of benzene rings is 1. The molecule has 0 saturated carbocycles. The number of imide groups is 1. The number of methoxy groups -OCH3 is 1. The van der Waals surface area contributed by atoms with Crippen molar-refractivity contribution in [3.05, 3.63) is 27.3 Å². The number of hydrogen-bond acceptors (Lipinski definition) is 5. The molecule has 1 N–H and O–H groups in total. The second-order valence-electron chi connectivity index (χ2n) is 4.11. The van der Waals surface area contributed by atoms with E-state index >= 15 is 0 Å². The fourth-order valence-electron chi connectivity index (χ4n) is 1.73. The number of carbonyl (C=O) groups is 3. The predicted molar refractivity (Wildman–Crippen MR) is 87.1 cm³/mol. The lowest BCUT2D eigenvalue weighted by atomic mass is 10.1. The van der Waals surface area contributed by atoms with Crippen LogP contribution in [0.5, 0.6) is 0 Å². The zero-order chi connectivity index (χ0) is 16.7. The lowest BCUT2D eigenvalue weighted by Gasteiger charge is -2.20. The van der Waals surface area contributed by atoms with Crippen molar-refractivity contribution in [3.63, 3.8) is 0 Å². The van der Waals surface area contributed by atoms with Crippen molar-refractivity contribution in [2.75, 3.05) is 25.2 Å². The van der Waals surface area contributed by atoms with Gasteiger partial charge >= 0.3 is 12.1 Å². The highest BCUT2D eigenvalue weighted by Crippen LogP contribution is 2.25. The van der Waals surface area contributed by atoms with Gasteiger partial charge in [-0.3, -0.25) is 4.79 Å². The molecule has 0 unspecified atom stereocenters. The predicted octanol–water partition coefficient (Wildman–Crippen LogP) is 2.52. The molecule has 0 saturated heterocycles. The summed E-state index contributed by atoms with van der Waals surface area (Å²) in [7, 11) is 1.19. The summed E-state index contributed by atoms with van der Waals surface area (Å²) in [6.07, 6.45) is -1.57. The minimum absolute atomic E-state index is 0.00933. The molecule has 1 aromatic rings. The van der Waals surface area contributed by atoms with E-state index in [4.69, 9.17) is 4.74 Å². The molecule has 22 heavy (non-hydrogen) atoms. The molecule has 0 bridgehead atoms. The van der Waals surface area contributed by atoms with E-state index in [1.165, 1.54) is 19.2 Å². The summed E-state index contributed by atoms with van der Waals surface area (Å²) in [6, 6.07) is 4.50. The molecule has 0 aliphatic carbocycles. The molecule has 120 valence electrons. The average molecular weight is 421 g/mol. The van der Waals surface area contributed by atoms with Crippen LogP contribution in [0.2, 0.25) is 0 Å². The SMILES string of the molecule is CCOCCC(=O)N(C(=O)O)c1cc(I)ccc1C(=O)OC. The van der Waals surface area contributed by atoms with Crippen LogP contribution in [0, 0.1) is 3.57 Å². The van der Waals surface area contributed by atoms with E-state index in [9.17, 15) is 19.5 Å². The first-order chi connectivity index (χ1) is 10.4. The fraction of sp³-hybridized carbons (Fsp3) is 0.357. The Kier molecular flexibility index (Phi) is 7.25. The van der Waals surface area contributed by atoms with Gasteiger partial charge in [0.05, 0.1) is 31.4 Å². The van der Waals surface area contributed by atoms with Crippen LogP contribution in [-0.2, 0) is 14.3 Å². The van der Waals surface area contributed by atoms with Crippen LogP contribution >= 0.6 is 22.6 Å². The number of ether oxygens (including phenoxy) is 2. The molecule has 1 rings (SSSR count). The van der Waals surface area contributed by atoms with Crippen LogP contribution in [0.15, 0.2) is 18.2 Å². The highest BCUT2D eigenvalue weighted by Gasteiger charge is 2.27. The largest absolute Gasteiger partial charge is 0.465 e. The quantitative estimate of drug-likeness (QED) is 0.431. The van der Waals surface area contributed by atoms with E-state index < -0.39 is 18.0 Å². The summed E-state index contributed by atoms with van der Waals surface area (Å²) in [5.74, 6) is -1.39. The second kappa shape index (κ2) is 8.69. The minimum atomic E-state index is -1.46. The van der Waals surface area contributed by atoms with Gasteiger partial charge in [-0.1, -0.05) is 0 Å². The second-order valence-corrected chi connectivity index (χ2v) is 5.36. The third kappa shape index (κ3) is 4.67. The van der Waals surface area contributed by atoms with Crippen LogP contribution in [0.1, 0.15) is 23.7 Å². The van der Waals surface area contributed by atoms with Gasteiger partial charge in [-0.25, -0.2) is 14.5 Å². The third-order valence-electron chi connectivity index (χ3n) is 2.71. The summed E-state index contributed by atoms with van der Waals surface area (Å²) in [6.45, 7) is 2.31. The van der Waals surface area contributed by atoms with Crippen molar-refractivity contribution in [2.24, 2.45) is 0 Å². The Labute approximate surface area is 141 Å². The Morgan fingerprint density at radius 1 is 1.32 bits per heavy atom. The molecule has 0 aromatic heterocycles. The molecule has 0 radical (unpaired) electrons. The molecule has 8 heteroatoms. The van der Waals surface area contributed by atoms with E-state index in [1.807, 2.05) is 22.6 Å². The molecule has 0 atom stereocenters. The molecule has 1 aromatic carbocycles. The zero-order valence-corrected chi connectivity index (χ0v) is 14.3. The van der Waals surface area contributed by atoms with Crippen molar-refractivity contribution < 1.29 is 29.0 Å². The first kappa shape index (κ1) is 18.4. The summed E-state index contributed by atoms with van der Waals surface area (Å²) >= 11 is 1.96. The van der Waals surface area contributed by atoms with Gasteiger partial charge in [0, 0.05) is 10.2 Å². The molecule has 0 heterocycles. The summed E-state index contributed by atoms with van der Waals surface area (Å²) in [4.78, 5) is 35.9. The lowest BCUT2D eigenvalue weighted by Crippen LogP contribution is -2.37. The number of carboxylic acid groups (broad SMARTS) is 1. The molecule has 2 amide bonds. The number of nitrogens with zero attached hydrogens (tertiary/aromatic N) is 1. The van der Waals surface area contributed by atoms with Crippen molar-refractivity contribution in [3.8, 4) is 0 Å². The Morgan fingerprint density at radius 2 is 2.00 bits per heavy atom. The maximum Gasteiger partial charge on any atom is 0.418 e. The van der Waals surface area contributed by atoms with Gasteiger partial charge in [-0.2, -0.15) is 0 Å². The van der Waals surface area contributed by atoms with Crippen LogP contribution in [0.3, 0.4) is 0 Å². The van der Waals surface area contributed by atoms with Gasteiger partial charge < -0.3 is 14.6 Å². The number of amides is 2. The summed E-state index contributed by atoms with van der Waals surface area (Å²) < 4.78 is 10.4. The standard InChI is InChI=1S/C14H16INO6/c1-3-22-7-6-12(17)16(14(19)20)11-8-9(15)4-5-10(11)13(18)21-2/h4-5,8H,3,6-7H2,1-2H3,(H,19,20). The maximum atomic E-state index is 12.1. The van der Waals surface area contributed by atoms with Crippen molar-refractivity contribution >= 4 is 46.2 Å². The van der Waals surface area contributed by atoms with Gasteiger partial charge in [0.1, 0.15) is 0 Å². The third-order valence-corrected chi connectivity index (χ3v) is 3.38.